The van der Waals surface area contributed by atoms with Gasteiger partial charge < -0.3 is 10.8 Å². The summed E-state index contributed by atoms with van der Waals surface area (Å²) in [6.45, 7) is 0. The minimum absolute atomic E-state index is 0.159. The van der Waals surface area contributed by atoms with Gasteiger partial charge in [0.05, 0.1) is 6.10 Å². The second-order valence-corrected chi connectivity index (χ2v) is 3.45. The van der Waals surface area contributed by atoms with Crippen LogP contribution in [0.15, 0.2) is 24.3 Å². The summed E-state index contributed by atoms with van der Waals surface area (Å²) in [5.41, 5.74) is 5.61. The van der Waals surface area contributed by atoms with Gasteiger partial charge in [0.15, 0.2) is 0 Å². The topological polar surface area (TPSA) is 63.3 Å². The van der Waals surface area contributed by atoms with Crippen LogP contribution >= 0.6 is 11.6 Å². The number of primary amides is 1. The average molecular weight is 214 g/mol. The molecule has 0 saturated carbocycles. The van der Waals surface area contributed by atoms with Crippen LogP contribution in [-0.2, 0) is 4.79 Å². The molecule has 1 aromatic carbocycles. The van der Waals surface area contributed by atoms with Crippen molar-refractivity contribution in [1.29, 1.82) is 0 Å². The van der Waals surface area contributed by atoms with E-state index >= 15 is 0 Å². The van der Waals surface area contributed by atoms with E-state index in [2.05, 4.69) is 0 Å². The second-order valence-electron chi connectivity index (χ2n) is 3.04. The minimum atomic E-state index is -0.726. The zero-order valence-corrected chi connectivity index (χ0v) is 8.37. The van der Waals surface area contributed by atoms with Gasteiger partial charge in [-0.05, 0) is 18.1 Å². The number of hydrogen-bond donors (Lipinski definition) is 2. The highest BCUT2D eigenvalue weighted by Gasteiger charge is 2.11. The van der Waals surface area contributed by atoms with Crippen LogP contribution in [-0.4, -0.2) is 11.0 Å². The van der Waals surface area contributed by atoms with E-state index in [4.69, 9.17) is 17.3 Å². The summed E-state index contributed by atoms with van der Waals surface area (Å²) in [5.74, 6) is -0.420. The molecule has 0 aliphatic carbocycles. The van der Waals surface area contributed by atoms with E-state index in [1.165, 1.54) is 0 Å². The smallest absolute Gasteiger partial charge is 0.217 e. The minimum Gasteiger partial charge on any atom is -0.388 e. The maximum atomic E-state index is 10.5. The van der Waals surface area contributed by atoms with Crippen molar-refractivity contribution >= 4 is 17.5 Å². The third kappa shape index (κ3) is 3.01. The van der Waals surface area contributed by atoms with Gasteiger partial charge in [-0.1, -0.05) is 29.8 Å². The molecule has 0 bridgehead atoms. The van der Waals surface area contributed by atoms with Crippen LogP contribution in [0.2, 0.25) is 5.02 Å². The third-order valence-corrected chi connectivity index (χ3v) is 2.27. The molecule has 3 nitrogen and oxygen atoms in total. The van der Waals surface area contributed by atoms with Crippen molar-refractivity contribution in [3.63, 3.8) is 0 Å². The summed E-state index contributed by atoms with van der Waals surface area (Å²) < 4.78 is 0. The molecule has 4 heteroatoms. The summed E-state index contributed by atoms with van der Waals surface area (Å²) in [4.78, 5) is 10.5. The fourth-order valence-corrected chi connectivity index (χ4v) is 1.44. The van der Waals surface area contributed by atoms with E-state index in [-0.39, 0.29) is 6.42 Å². The monoisotopic (exact) mass is 213 g/mol. The molecule has 0 aliphatic heterocycles. The number of aliphatic hydroxyl groups excluding tert-OH is 1. The van der Waals surface area contributed by atoms with Gasteiger partial charge >= 0.3 is 0 Å². The Morgan fingerprint density at radius 2 is 2.14 bits per heavy atom. The number of carbonyl (C=O) groups is 1. The molecule has 1 rings (SSSR count). The fraction of sp³-hybridized carbons (Fsp3) is 0.300. The van der Waals surface area contributed by atoms with Crippen molar-refractivity contribution in [3.8, 4) is 0 Å². The van der Waals surface area contributed by atoms with E-state index < -0.39 is 12.0 Å². The predicted octanol–water partition coefficient (Wildman–Crippen LogP) is 1.64. The van der Waals surface area contributed by atoms with Crippen LogP contribution < -0.4 is 5.73 Å². The van der Waals surface area contributed by atoms with Gasteiger partial charge in [0.2, 0.25) is 5.91 Å². The highest BCUT2D eigenvalue weighted by atomic mass is 35.5. The predicted molar refractivity (Wildman–Crippen MR) is 54.8 cm³/mol. The lowest BCUT2D eigenvalue weighted by atomic mass is 10.0. The Morgan fingerprint density at radius 1 is 1.50 bits per heavy atom. The highest BCUT2D eigenvalue weighted by molar-refractivity contribution is 6.31. The lowest BCUT2D eigenvalue weighted by Gasteiger charge is -2.10. The molecule has 0 saturated heterocycles. The Kier molecular flexibility index (Phi) is 3.92. The number of rotatable bonds is 4. The van der Waals surface area contributed by atoms with E-state index in [9.17, 15) is 9.90 Å². The molecule has 1 unspecified atom stereocenters. The van der Waals surface area contributed by atoms with Crippen molar-refractivity contribution in [2.24, 2.45) is 5.73 Å². The van der Waals surface area contributed by atoms with Crippen molar-refractivity contribution in [1.82, 2.24) is 0 Å². The molecule has 14 heavy (non-hydrogen) atoms. The fourth-order valence-electron chi connectivity index (χ4n) is 1.18. The van der Waals surface area contributed by atoms with Crippen LogP contribution in [0.5, 0.6) is 0 Å². The summed E-state index contributed by atoms with van der Waals surface area (Å²) in [7, 11) is 0. The maximum Gasteiger partial charge on any atom is 0.217 e. The average Bonchev–Trinajstić information content (AvgIpc) is 2.15. The molecule has 3 N–H and O–H groups in total. The molecular formula is C10H12ClNO2. The molecule has 1 atom stereocenters. The van der Waals surface area contributed by atoms with Crippen molar-refractivity contribution < 1.29 is 9.90 Å². The third-order valence-electron chi connectivity index (χ3n) is 1.93. The number of amides is 1. The molecule has 0 heterocycles. The Morgan fingerprint density at radius 3 is 2.71 bits per heavy atom. The summed E-state index contributed by atoms with van der Waals surface area (Å²) in [6, 6.07) is 7.00. The zero-order chi connectivity index (χ0) is 10.6. The number of nitrogens with two attached hydrogens (primary N) is 1. The number of benzene rings is 1. The van der Waals surface area contributed by atoms with Crippen LogP contribution in [0, 0.1) is 0 Å². The summed E-state index contributed by atoms with van der Waals surface area (Å²) in [5, 5.41) is 10.2. The van der Waals surface area contributed by atoms with E-state index in [1.54, 1.807) is 24.3 Å². The van der Waals surface area contributed by atoms with E-state index in [0.717, 1.165) is 0 Å². The highest BCUT2D eigenvalue weighted by Crippen LogP contribution is 2.25. The molecule has 1 amide bonds. The Labute approximate surface area is 87.5 Å². The lowest BCUT2D eigenvalue weighted by molar-refractivity contribution is -0.118. The Bertz CT molecular complexity index is 328. The Hall–Kier alpha value is -1.06. The van der Waals surface area contributed by atoms with Gasteiger partial charge in [-0.15, -0.1) is 0 Å². The van der Waals surface area contributed by atoms with Gasteiger partial charge in [-0.2, -0.15) is 0 Å². The van der Waals surface area contributed by atoms with Gasteiger partial charge in [0.1, 0.15) is 0 Å². The maximum absolute atomic E-state index is 10.5. The number of hydrogen-bond acceptors (Lipinski definition) is 2. The Balaban J connectivity index is 2.65. The lowest BCUT2D eigenvalue weighted by Crippen LogP contribution is -2.12. The van der Waals surface area contributed by atoms with Crippen LogP contribution in [0.1, 0.15) is 24.5 Å². The first-order valence-electron chi connectivity index (χ1n) is 4.32. The van der Waals surface area contributed by atoms with Crippen molar-refractivity contribution in [2.45, 2.75) is 18.9 Å². The number of aliphatic hydroxyl groups is 1. The number of carbonyl (C=O) groups excluding carboxylic acids is 1. The van der Waals surface area contributed by atoms with Crippen LogP contribution in [0.25, 0.3) is 0 Å². The normalized spacial score (nSPS) is 12.4. The molecule has 0 aromatic heterocycles. The van der Waals surface area contributed by atoms with E-state index in [1.807, 2.05) is 0 Å². The SMILES string of the molecule is NC(=O)CCC(O)c1ccccc1Cl. The molecule has 76 valence electrons. The van der Waals surface area contributed by atoms with E-state index in [0.29, 0.717) is 17.0 Å². The van der Waals surface area contributed by atoms with Gasteiger partial charge in [0, 0.05) is 11.4 Å². The van der Waals surface area contributed by atoms with Crippen molar-refractivity contribution in [2.75, 3.05) is 0 Å². The first-order chi connectivity index (χ1) is 6.61. The van der Waals surface area contributed by atoms with Crippen molar-refractivity contribution in [3.05, 3.63) is 34.9 Å². The standard InChI is InChI=1S/C10H12ClNO2/c11-8-4-2-1-3-7(8)9(13)5-6-10(12)14/h1-4,9,13H,5-6H2,(H2,12,14). The molecule has 0 spiro atoms. The molecular weight excluding hydrogens is 202 g/mol. The first-order valence-corrected chi connectivity index (χ1v) is 4.70. The molecule has 1 aromatic rings. The largest absolute Gasteiger partial charge is 0.388 e. The number of halogens is 1. The summed E-state index contributed by atoms with van der Waals surface area (Å²) >= 11 is 5.86. The van der Waals surface area contributed by atoms with Gasteiger partial charge in [-0.25, -0.2) is 0 Å². The molecule has 0 fully saturated rings. The van der Waals surface area contributed by atoms with Gasteiger partial charge in [0.25, 0.3) is 0 Å². The van der Waals surface area contributed by atoms with Crippen LogP contribution in [0.3, 0.4) is 0 Å². The van der Waals surface area contributed by atoms with Gasteiger partial charge in [-0.3, -0.25) is 4.79 Å². The van der Waals surface area contributed by atoms with Crippen LogP contribution in [0.4, 0.5) is 0 Å². The first kappa shape index (κ1) is 11.0. The molecule has 0 radical (unpaired) electrons. The second kappa shape index (κ2) is 4.98. The zero-order valence-electron chi connectivity index (χ0n) is 7.61. The quantitative estimate of drug-likeness (QED) is 0.799. The summed E-state index contributed by atoms with van der Waals surface area (Å²) in [6.07, 6.45) is -0.262. The molecule has 0 aliphatic rings.